The minimum Gasteiger partial charge on any atom is -0.298 e. The predicted molar refractivity (Wildman–Crippen MR) is 116 cm³/mol. The van der Waals surface area contributed by atoms with E-state index in [0.29, 0.717) is 17.0 Å². The maximum Gasteiger partial charge on any atom is 0.236 e. The van der Waals surface area contributed by atoms with E-state index in [-0.39, 0.29) is 0 Å². The van der Waals surface area contributed by atoms with Gasteiger partial charge in [-0.15, -0.1) is 0 Å². The number of aldehydes is 2. The summed E-state index contributed by atoms with van der Waals surface area (Å²) in [4.78, 5) is 31.6. The first-order chi connectivity index (χ1) is 14.7. The van der Waals surface area contributed by atoms with Crippen LogP contribution in [0.15, 0.2) is 78.9 Å². The number of hydrogen-bond donors (Lipinski definition) is 1. The van der Waals surface area contributed by atoms with Crippen LogP contribution in [-0.4, -0.2) is 22.5 Å². The van der Waals surface area contributed by atoms with Gasteiger partial charge in [-0.1, -0.05) is 66.7 Å². The van der Waals surface area contributed by atoms with Gasteiger partial charge < -0.3 is 0 Å². The molecule has 4 rings (SSSR count). The highest BCUT2D eigenvalue weighted by atomic mass is 16.1. The average Bonchev–Trinajstić information content (AvgIpc) is 2.81. The van der Waals surface area contributed by atoms with Crippen molar-refractivity contribution in [2.45, 2.75) is 6.92 Å². The van der Waals surface area contributed by atoms with Crippen LogP contribution in [0, 0.1) is 6.92 Å². The summed E-state index contributed by atoms with van der Waals surface area (Å²) >= 11 is 0. The lowest BCUT2D eigenvalue weighted by atomic mass is 10.0. The van der Waals surface area contributed by atoms with Gasteiger partial charge in [-0.2, -0.15) is 4.98 Å². The van der Waals surface area contributed by atoms with Crippen molar-refractivity contribution in [3.63, 3.8) is 0 Å². The van der Waals surface area contributed by atoms with Crippen LogP contribution in [0.2, 0.25) is 0 Å². The molecule has 0 aliphatic rings. The van der Waals surface area contributed by atoms with Crippen molar-refractivity contribution in [2.75, 3.05) is 0 Å². The fourth-order valence-electron chi connectivity index (χ4n) is 3.22. The van der Waals surface area contributed by atoms with E-state index >= 15 is 0 Å². The second kappa shape index (κ2) is 8.59. The zero-order valence-corrected chi connectivity index (χ0v) is 16.4. The molecular weight excluding hydrogens is 374 g/mol. The van der Waals surface area contributed by atoms with Gasteiger partial charge in [-0.25, -0.2) is 4.98 Å². The fraction of sp³-hybridized carbons (Fsp3) is 0.0400. The second-order valence-corrected chi connectivity index (χ2v) is 6.94. The van der Waals surface area contributed by atoms with Gasteiger partial charge >= 0.3 is 0 Å². The van der Waals surface area contributed by atoms with Gasteiger partial charge in [0.15, 0.2) is 5.82 Å². The van der Waals surface area contributed by atoms with Crippen LogP contribution in [0.5, 0.6) is 0 Å². The average molecular weight is 394 g/mol. The first-order valence-electron chi connectivity index (χ1n) is 9.57. The summed E-state index contributed by atoms with van der Waals surface area (Å²) in [5, 5.41) is 2.03. The minimum atomic E-state index is 0.578. The number of nitrogens with two attached hydrogens (primary N) is 1. The quantitative estimate of drug-likeness (QED) is 0.391. The number of rotatable bonds is 6. The lowest BCUT2D eigenvalue weighted by molar-refractivity contribution is -0.483. The molecule has 0 aliphatic heterocycles. The largest absolute Gasteiger partial charge is 0.298 e. The van der Waals surface area contributed by atoms with E-state index in [1.807, 2.05) is 66.8 Å². The molecule has 0 radical (unpaired) electrons. The summed E-state index contributed by atoms with van der Waals surface area (Å²) in [6.07, 6.45) is 1.64. The topological polar surface area (TPSA) is 76.5 Å². The molecule has 0 saturated carbocycles. The molecule has 1 aromatic heterocycles. The second-order valence-electron chi connectivity index (χ2n) is 6.94. The molecule has 0 atom stereocenters. The van der Waals surface area contributed by atoms with Crippen LogP contribution < -0.4 is 5.32 Å². The summed E-state index contributed by atoms with van der Waals surface area (Å²) in [7, 11) is 0. The molecular formula is C25H20N3O2+. The van der Waals surface area contributed by atoms with Crippen LogP contribution in [0.1, 0.15) is 26.3 Å². The van der Waals surface area contributed by atoms with Crippen LogP contribution >= 0.6 is 0 Å². The maximum atomic E-state index is 11.0. The summed E-state index contributed by atoms with van der Waals surface area (Å²) in [5.41, 5.74) is 5.76. The molecule has 5 heteroatoms. The van der Waals surface area contributed by atoms with Crippen LogP contribution in [0.3, 0.4) is 0 Å². The Kier molecular flexibility index (Phi) is 5.54. The van der Waals surface area contributed by atoms with Gasteiger partial charge in [-0.05, 0) is 19.1 Å². The number of carbonyl (C=O) groups excluding carboxylic acids is 2. The first-order valence-corrected chi connectivity index (χ1v) is 9.57. The lowest BCUT2D eigenvalue weighted by Gasteiger charge is -2.11. The maximum absolute atomic E-state index is 11.0. The van der Waals surface area contributed by atoms with E-state index in [1.165, 1.54) is 0 Å². The molecule has 0 aliphatic carbocycles. The molecule has 0 bridgehead atoms. The van der Waals surface area contributed by atoms with Crippen LogP contribution in [0.25, 0.3) is 22.6 Å². The van der Waals surface area contributed by atoms with E-state index in [9.17, 15) is 9.59 Å². The third-order valence-corrected chi connectivity index (χ3v) is 4.91. The molecule has 0 amide bonds. The number of quaternary nitrogens is 1. The number of hydrogen-bond acceptors (Lipinski definition) is 4. The first kappa shape index (κ1) is 19.4. The van der Waals surface area contributed by atoms with Gasteiger partial charge in [0.2, 0.25) is 5.82 Å². The van der Waals surface area contributed by atoms with Crippen molar-refractivity contribution < 1.29 is 14.9 Å². The van der Waals surface area contributed by atoms with Gasteiger partial charge in [0.25, 0.3) is 0 Å². The number of para-hydroxylation sites is 1. The van der Waals surface area contributed by atoms with Crippen molar-refractivity contribution in [1.82, 2.24) is 9.97 Å². The molecule has 146 valence electrons. The third-order valence-electron chi connectivity index (χ3n) is 4.91. The van der Waals surface area contributed by atoms with Gasteiger partial charge in [0, 0.05) is 22.3 Å². The van der Waals surface area contributed by atoms with Gasteiger partial charge in [0.05, 0.1) is 11.3 Å². The lowest BCUT2D eigenvalue weighted by Crippen LogP contribution is -2.72. The fourth-order valence-corrected chi connectivity index (χ4v) is 3.22. The monoisotopic (exact) mass is 394 g/mol. The Bertz CT molecular complexity index is 1190. The summed E-state index contributed by atoms with van der Waals surface area (Å²) in [5.74, 6) is 1.40. The Labute approximate surface area is 174 Å². The molecule has 2 N–H and O–H groups in total. The van der Waals surface area contributed by atoms with Crippen LogP contribution in [-0.2, 0) is 0 Å². The minimum absolute atomic E-state index is 0.578. The Morgan fingerprint density at radius 3 is 1.83 bits per heavy atom. The molecule has 4 aromatic rings. The molecule has 30 heavy (non-hydrogen) atoms. The smallest absolute Gasteiger partial charge is 0.236 e. The van der Waals surface area contributed by atoms with E-state index < -0.39 is 0 Å². The Hall–Kier alpha value is -3.96. The molecule has 3 aromatic carbocycles. The zero-order chi connectivity index (χ0) is 20.9. The number of nitrogens with zero attached hydrogens (tertiary/aromatic N) is 2. The SMILES string of the molecule is Cc1c([NH2+]c2ccccc2)nc(-c2ccc(C=O)cc2)nc1-c1ccc(C=O)cc1. The predicted octanol–water partition coefficient (Wildman–Crippen LogP) is 4.27. The van der Waals surface area contributed by atoms with Crippen molar-refractivity contribution in [3.8, 4) is 22.6 Å². The van der Waals surface area contributed by atoms with E-state index in [1.54, 1.807) is 24.3 Å². The molecule has 0 spiro atoms. The summed E-state index contributed by atoms with van der Waals surface area (Å²) in [6, 6.07) is 24.6. The van der Waals surface area contributed by atoms with Crippen LogP contribution in [0.4, 0.5) is 11.5 Å². The normalized spacial score (nSPS) is 10.6. The Balaban J connectivity index is 1.85. The van der Waals surface area contributed by atoms with E-state index in [0.717, 1.165) is 46.5 Å². The molecule has 0 fully saturated rings. The number of carbonyl (C=O) groups is 2. The third kappa shape index (κ3) is 4.06. The van der Waals surface area contributed by atoms with E-state index in [4.69, 9.17) is 9.97 Å². The molecule has 5 nitrogen and oxygen atoms in total. The van der Waals surface area contributed by atoms with Crippen molar-refractivity contribution in [2.24, 2.45) is 0 Å². The molecule has 0 saturated heterocycles. The Morgan fingerprint density at radius 1 is 0.700 bits per heavy atom. The number of benzene rings is 3. The highest BCUT2D eigenvalue weighted by Gasteiger charge is 2.17. The number of aromatic nitrogens is 2. The molecule has 1 heterocycles. The highest BCUT2D eigenvalue weighted by Crippen LogP contribution is 2.28. The van der Waals surface area contributed by atoms with Gasteiger partial charge in [0.1, 0.15) is 18.3 Å². The van der Waals surface area contributed by atoms with Crippen molar-refractivity contribution >= 4 is 24.1 Å². The van der Waals surface area contributed by atoms with Crippen molar-refractivity contribution in [1.29, 1.82) is 0 Å². The van der Waals surface area contributed by atoms with Gasteiger partial charge in [-0.3, -0.25) is 14.9 Å². The Morgan fingerprint density at radius 2 is 1.27 bits per heavy atom. The summed E-state index contributed by atoms with van der Waals surface area (Å²) < 4.78 is 0. The zero-order valence-electron chi connectivity index (χ0n) is 16.4. The van der Waals surface area contributed by atoms with Crippen molar-refractivity contribution in [3.05, 3.63) is 95.6 Å². The summed E-state index contributed by atoms with van der Waals surface area (Å²) in [6.45, 7) is 2.00. The van der Waals surface area contributed by atoms with E-state index in [2.05, 4.69) is 0 Å². The molecule has 0 unspecified atom stereocenters. The highest BCUT2D eigenvalue weighted by molar-refractivity contribution is 5.78. The standard InChI is InChI=1S/C25H19N3O2/c1-17-23(20-11-7-18(15-29)8-12-20)27-25(21-13-9-19(16-30)10-14-21)28-24(17)26-22-5-3-2-4-6-22/h2-16H,1H3,(H,26,27,28)/p+1.